The number of nitrogens with zero attached hydrogens (tertiary/aromatic N) is 1. The van der Waals surface area contributed by atoms with Gasteiger partial charge in [0, 0.05) is 6.07 Å². The molecule has 0 aliphatic heterocycles. The van der Waals surface area contributed by atoms with Gasteiger partial charge in [0.2, 0.25) is 0 Å². The number of anilines is 1. The van der Waals surface area contributed by atoms with Crippen LogP contribution in [0.4, 0.5) is 5.69 Å². The maximum atomic E-state index is 10.6. The lowest BCUT2D eigenvalue weighted by Gasteiger charge is -2.22. The maximum absolute atomic E-state index is 10.6. The first-order valence-corrected chi connectivity index (χ1v) is 8.70. The summed E-state index contributed by atoms with van der Waals surface area (Å²) in [5.41, 5.74) is 6.35. The Morgan fingerprint density at radius 3 is 2.46 bits per heavy atom. The number of hydrogen-bond acceptors (Lipinski definition) is 4. The van der Waals surface area contributed by atoms with Crippen LogP contribution < -0.4 is 20.5 Å². The molecule has 2 aromatic rings. The van der Waals surface area contributed by atoms with E-state index in [1.165, 1.54) is 0 Å². The first kappa shape index (κ1) is 19.6. The molecule has 0 radical (unpaired) electrons. The molecule has 0 bridgehead atoms. The summed E-state index contributed by atoms with van der Waals surface area (Å²) >= 11 is 0. The van der Waals surface area contributed by atoms with E-state index in [0.717, 1.165) is 5.56 Å². The van der Waals surface area contributed by atoms with Crippen molar-refractivity contribution >= 4 is 11.6 Å². The van der Waals surface area contributed by atoms with Gasteiger partial charge in [0.05, 0.1) is 25.4 Å². The van der Waals surface area contributed by atoms with Gasteiger partial charge < -0.3 is 25.6 Å². The molecule has 6 nitrogen and oxygen atoms in total. The highest BCUT2D eigenvalue weighted by Crippen LogP contribution is 2.29. The molecule has 0 fully saturated rings. The van der Waals surface area contributed by atoms with Gasteiger partial charge in [-0.05, 0) is 38.5 Å². The predicted molar refractivity (Wildman–Crippen MR) is 105 cm³/mol. The molecule has 2 rings (SSSR count). The van der Waals surface area contributed by atoms with Crippen LogP contribution in [0.5, 0.6) is 11.5 Å². The Kier molecular flexibility index (Phi) is 6.86. The van der Waals surface area contributed by atoms with Crippen molar-refractivity contribution in [1.29, 1.82) is 0 Å². The van der Waals surface area contributed by atoms with E-state index < -0.39 is 5.60 Å². The summed E-state index contributed by atoms with van der Waals surface area (Å²) in [6, 6.07) is 14.9. The quantitative estimate of drug-likeness (QED) is 0.499. The molecule has 0 aromatic heterocycles. The summed E-state index contributed by atoms with van der Waals surface area (Å²) < 4.78 is 11.1. The summed E-state index contributed by atoms with van der Waals surface area (Å²) in [4.78, 5) is 4.28. The van der Waals surface area contributed by atoms with Crippen LogP contribution in [0.2, 0.25) is 0 Å². The molecule has 2 aromatic carbocycles. The third kappa shape index (κ3) is 5.39. The van der Waals surface area contributed by atoms with E-state index in [1.807, 2.05) is 62.4 Å². The van der Waals surface area contributed by atoms with Crippen LogP contribution in [-0.4, -0.2) is 30.8 Å². The van der Waals surface area contributed by atoms with Crippen molar-refractivity contribution in [2.45, 2.75) is 26.4 Å². The van der Waals surface area contributed by atoms with Crippen molar-refractivity contribution < 1.29 is 14.6 Å². The fourth-order valence-electron chi connectivity index (χ4n) is 2.45. The van der Waals surface area contributed by atoms with Gasteiger partial charge in [0.15, 0.2) is 5.96 Å². The van der Waals surface area contributed by atoms with Crippen molar-refractivity contribution in [1.82, 2.24) is 0 Å². The lowest BCUT2D eigenvalue weighted by Crippen LogP contribution is -2.29. The van der Waals surface area contributed by atoms with E-state index in [-0.39, 0.29) is 12.5 Å². The van der Waals surface area contributed by atoms with Crippen LogP contribution >= 0.6 is 0 Å². The van der Waals surface area contributed by atoms with Gasteiger partial charge in [-0.2, -0.15) is 0 Å². The zero-order valence-electron chi connectivity index (χ0n) is 15.5. The van der Waals surface area contributed by atoms with Crippen LogP contribution in [0.15, 0.2) is 53.5 Å². The minimum Gasteiger partial charge on any atom is -0.494 e. The van der Waals surface area contributed by atoms with Gasteiger partial charge in [-0.15, -0.1) is 0 Å². The van der Waals surface area contributed by atoms with Crippen LogP contribution in [-0.2, 0) is 5.60 Å². The van der Waals surface area contributed by atoms with Gasteiger partial charge in [-0.25, -0.2) is 4.99 Å². The normalized spacial score (nSPS) is 13.8. The number of rotatable bonds is 8. The van der Waals surface area contributed by atoms with Crippen molar-refractivity contribution in [3.8, 4) is 11.5 Å². The molecular formula is C20H27N3O3. The minimum atomic E-state index is -1.11. The Hall–Kier alpha value is -2.73. The summed E-state index contributed by atoms with van der Waals surface area (Å²) in [6.45, 7) is 6.77. The fourth-order valence-corrected chi connectivity index (χ4v) is 2.45. The molecule has 0 aliphatic carbocycles. The maximum Gasteiger partial charge on any atom is 0.193 e. The zero-order chi connectivity index (χ0) is 19.0. The topological polar surface area (TPSA) is 89.1 Å². The summed E-state index contributed by atoms with van der Waals surface area (Å²) in [5.74, 6) is 1.56. The van der Waals surface area contributed by atoms with E-state index in [4.69, 9.17) is 15.2 Å². The molecule has 0 aliphatic rings. The van der Waals surface area contributed by atoms with Crippen LogP contribution in [0.25, 0.3) is 0 Å². The molecule has 1 unspecified atom stereocenters. The second-order valence-electron chi connectivity index (χ2n) is 5.99. The Balaban J connectivity index is 2.13. The van der Waals surface area contributed by atoms with Crippen LogP contribution in [0.3, 0.4) is 0 Å². The van der Waals surface area contributed by atoms with E-state index in [2.05, 4.69) is 10.3 Å². The number of aliphatic hydroxyl groups is 1. The monoisotopic (exact) mass is 357 g/mol. The molecule has 0 spiro atoms. The van der Waals surface area contributed by atoms with Gasteiger partial charge in [-0.3, -0.25) is 0 Å². The molecule has 0 amide bonds. The number of nitrogens with one attached hydrogen (secondary N) is 1. The summed E-state index contributed by atoms with van der Waals surface area (Å²) in [5, 5.41) is 13.6. The largest absolute Gasteiger partial charge is 0.494 e. The Morgan fingerprint density at radius 2 is 1.81 bits per heavy atom. The SMILES string of the molecule is CCOc1ccc(OCC)c(NC(N)=NCC(C)(O)c2ccccc2)c1. The van der Waals surface area contributed by atoms with Crippen molar-refractivity contribution in [2.24, 2.45) is 10.7 Å². The highest BCUT2D eigenvalue weighted by molar-refractivity contribution is 5.94. The molecule has 140 valence electrons. The standard InChI is InChI=1S/C20H27N3O3/c1-4-25-16-11-12-18(26-5-2)17(13-16)23-19(21)22-14-20(3,24)15-9-7-6-8-10-15/h6-13,24H,4-5,14H2,1-3H3,(H3,21,22,23). The van der Waals surface area contributed by atoms with E-state index >= 15 is 0 Å². The molecule has 6 heteroatoms. The van der Waals surface area contributed by atoms with Gasteiger partial charge in [-0.1, -0.05) is 30.3 Å². The van der Waals surface area contributed by atoms with Crippen molar-refractivity contribution in [3.05, 3.63) is 54.1 Å². The van der Waals surface area contributed by atoms with Crippen molar-refractivity contribution in [3.63, 3.8) is 0 Å². The van der Waals surface area contributed by atoms with Crippen molar-refractivity contribution in [2.75, 3.05) is 25.1 Å². The third-order valence-corrected chi connectivity index (χ3v) is 3.78. The highest BCUT2D eigenvalue weighted by atomic mass is 16.5. The molecule has 0 saturated heterocycles. The highest BCUT2D eigenvalue weighted by Gasteiger charge is 2.22. The second-order valence-corrected chi connectivity index (χ2v) is 5.99. The summed E-state index contributed by atoms with van der Waals surface area (Å²) in [7, 11) is 0. The molecule has 26 heavy (non-hydrogen) atoms. The average Bonchev–Trinajstić information content (AvgIpc) is 2.63. The number of ether oxygens (including phenoxy) is 2. The second kappa shape index (κ2) is 9.10. The molecule has 0 saturated carbocycles. The van der Waals surface area contributed by atoms with Crippen LogP contribution in [0.1, 0.15) is 26.3 Å². The van der Waals surface area contributed by atoms with E-state index in [0.29, 0.717) is 30.4 Å². The number of nitrogens with two attached hydrogens (primary N) is 1. The molecule has 1 atom stereocenters. The van der Waals surface area contributed by atoms with E-state index in [1.54, 1.807) is 6.92 Å². The van der Waals surface area contributed by atoms with Gasteiger partial charge >= 0.3 is 0 Å². The zero-order valence-corrected chi connectivity index (χ0v) is 15.5. The number of hydrogen-bond donors (Lipinski definition) is 3. The number of aliphatic imine (C=N–C) groups is 1. The number of benzene rings is 2. The Bertz CT molecular complexity index is 730. The third-order valence-electron chi connectivity index (χ3n) is 3.78. The van der Waals surface area contributed by atoms with E-state index in [9.17, 15) is 5.11 Å². The fraction of sp³-hybridized carbons (Fsp3) is 0.350. The first-order valence-electron chi connectivity index (χ1n) is 8.70. The lowest BCUT2D eigenvalue weighted by atomic mass is 9.96. The van der Waals surface area contributed by atoms with Gasteiger partial charge in [0.25, 0.3) is 0 Å². The molecule has 0 heterocycles. The smallest absolute Gasteiger partial charge is 0.193 e. The number of guanidine groups is 1. The summed E-state index contributed by atoms with van der Waals surface area (Å²) in [6.07, 6.45) is 0. The van der Waals surface area contributed by atoms with Crippen LogP contribution in [0, 0.1) is 0 Å². The first-order chi connectivity index (χ1) is 12.5. The Morgan fingerprint density at radius 1 is 1.12 bits per heavy atom. The molecular weight excluding hydrogens is 330 g/mol. The minimum absolute atomic E-state index is 0.130. The molecule has 4 N–H and O–H groups in total. The lowest BCUT2D eigenvalue weighted by molar-refractivity contribution is 0.0674. The Labute approximate surface area is 154 Å². The van der Waals surface area contributed by atoms with Gasteiger partial charge in [0.1, 0.15) is 17.1 Å². The average molecular weight is 357 g/mol. The predicted octanol–water partition coefficient (Wildman–Crippen LogP) is 3.12.